The van der Waals surface area contributed by atoms with Crippen molar-refractivity contribution >= 4 is 46.3 Å². The van der Waals surface area contributed by atoms with E-state index in [1.165, 1.54) is 5.01 Å². The number of carbonyl (C=O) groups is 2. The minimum absolute atomic E-state index is 0.332. The van der Waals surface area contributed by atoms with E-state index in [9.17, 15) is 9.59 Å². The van der Waals surface area contributed by atoms with Gasteiger partial charge >= 0.3 is 0 Å². The molecule has 2 amide bonds. The van der Waals surface area contributed by atoms with Crippen molar-refractivity contribution in [3.63, 3.8) is 0 Å². The third kappa shape index (κ3) is 5.71. The monoisotopic (exact) mass is 508 g/mol. The van der Waals surface area contributed by atoms with Crippen molar-refractivity contribution in [2.45, 2.75) is 18.9 Å². The van der Waals surface area contributed by atoms with Gasteiger partial charge in [0, 0.05) is 28.5 Å². The molecule has 1 aliphatic rings. The van der Waals surface area contributed by atoms with Crippen LogP contribution in [0.25, 0.3) is 0 Å². The van der Waals surface area contributed by atoms with Gasteiger partial charge in [-0.25, -0.2) is 5.01 Å². The number of nitrogens with zero attached hydrogens (tertiary/aromatic N) is 3. The number of nitrogens with one attached hydrogen (secondary N) is 1. The Labute approximate surface area is 220 Å². The summed E-state index contributed by atoms with van der Waals surface area (Å²) in [5, 5.41) is 9.58. The summed E-state index contributed by atoms with van der Waals surface area (Å²) >= 11 is 5.93. The SMILES string of the molecule is O=C(CC(=O)N1N=C(N(c2ccccc2)c2ccccc2)CC1c1ccccc1)Nc1ccc(Cl)cc1. The molecular weight excluding hydrogens is 484 g/mol. The standard InChI is InChI=1S/C30H25ClN4O2/c31-23-16-18-24(19-17-23)32-29(36)21-30(37)35-27(22-10-4-1-5-11-22)20-28(33-35)34(25-12-6-2-7-13-25)26-14-8-3-9-15-26/h1-19,27H,20-21H2,(H,32,36). The van der Waals surface area contributed by atoms with E-state index in [1.54, 1.807) is 24.3 Å². The third-order valence-electron chi connectivity index (χ3n) is 6.06. The summed E-state index contributed by atoms with van der Waals surface area (Å²) in [4.78, 5) is 28.2. The fourth-order valence-corrected chi connectivity index (χ4v) is 4.48. The van der Waals surface area contributed by atoms with Crippen molar-refractivity contribution < 1.29 is 9.59 Å². The molecule has 4 aromatic carbocycles. The Balaban J connectivity index is 1.45. The summed E-state index contributed by atoms with van der Waals surface area (Å²) in [7, 11) is 0. The van der Waals surface area contributed by atoms with E-state index in [0.717, 1.165) is 22.8 Å². The maximum absolute atomic E-state index is 13.4. The Morgan fingerprint density at radius 3 is 1.92 bits per heavy atom. The number of amidine groups is 1. The summed E-state index contributed by atoms with van der Waals surface area (Å²) in [6, 6.07) is 36.1. The zero-order valence-corrected chi connectivity index (χ0v) is 20.8. The minimum Gasteiger partial charge on any atom is -0.326 e. The number of anilines is 3. The Hall–Kier alpha value is -4.42. The lowest BCUT2D eigenvalue weighted by molar-refractivity contribution is -0.136. The lowest BCUT2D eigenvalue weighted by Crippen LogP contribution is -2.30. The van der Waals surface area contributed by atoms with Crippen LogP contribution < -0.4 is 10.2 Å². The van der Waals surface area contributed by atoms with Gasteiger partial charge in [-0.1, -0.05) is 78.3 Å². The number of benzene rings is 4. The van der Waals surface area contributed by atoms with Crippen molar-refractivity contribution in [2.24, 2.45) is 5.10 Å². The number of amides is 2. The first-order valence-electron chi connectivity index (χ1n) is 12.0. The van der Waals surface area contributed by atoms with Crippen LogP contribution in [-0.2, 0) is 9.59 Å². The van der Waals surface area contributed by atoms with E-state index in [1.807, 2.05) is 91.0 Å². The molecule has 6 nitrogen and oxygen atoms in total. The van der Waals surface area contributed by atoms with Gasteiger partial charge in [-0.05, 0) is 54.1 Å². The van der Waals surface area contributed by atoms with E-state index in [2.05, 4.69) is 10.2 Å². The third-order valence-corrected chi connectivity index (χ3v) is 6.31. The van der Waals surface area contributed by atoms with Crippen LogP contribution >= 0.6 is 11.6 Å². The Bertz CT molecular complexity index is 1350. The highest BCUT2D eigenvalue weighted by Crippen LogP contribution is 2.36. The molecule has 0 spiro atoms. The van der Waals surface area contributed by atoms with E-state index in [4.69, 9.17) is 16.7 Å². The van der Waals surface area contributed by atoms with Crippen LogP contribution in [0.5, 0.6) is 0 Å². The van der Waals surface area contributed by atoms with E-state index in [-0.39, 0.29) is 18.4 Å². The predicted molar refractivity (Wildman–Crippen MR) is 148 cm³/mol. The van der Waals surface area contributed by atoms with Gasteiger partial charge in [-0.15, -0.1) is 0 Å². The first-order chi connectivity index (χ1) is 18.1. The molecule has 0 fully saturated rings. The minimum atomic E-state index is -0.411. The molecule has 1 unspecified atom stereocenters. The van der Waals surface area contributed by atoms with E-state index < -0.39 is 5.91 Å². The average molecular weight is 509 g/mol. The second-order valence-electron chi connectivity index (χ2n) is 8.62. The van der Waals surface area contributed by atoms with Gasteiger partial charge in [0.15, 0.2) is 0 Å². The summed E-state index contributed by atoms with van der Waals surface area (Å²) in [6.45, 7) is 0. The Morgan fingerprint density at radius 1 is 0.811 bits per heavy atom. The number of hydrogen-bond acceptors (Lipinski definition) is 4. The van der Waals surface area contributed by atoms with Gasteiger partial charge in [0.2, 0.25) is 5.91 Å². The van der Waals surface area contributed by atoms with Crippen molar-refractivity contribution in [3.8, 4) is 0 Å². The van der Waals surface area contributed by atoms with Crippen LogP contribution in [0.4, 0.5) is 17.1 Å². The molecule has 0 aromatic heterocycles. The molecule has 4 aromatic rings. The second-order valence-corrected chi connectivity index (χ2v) is 9.06. The van der Waals surface area contributed by atoms with E-state index in [0.29, 0.717) is 17.1 Å². The van der Waals surface area contributed by atoms with Gasteiger partial charge in [0.05, 0.1) is 6.04 Å². The van der Waals surface area contributed by atoms with Crippen LogP contribution in [0.15, 0.2) is 120 Å². The molecule has 37 heavy (non-hydrogen) atoms. The van der Waals surface area contributed by atoms with Crippen LogP contribution in [0.1, 0.15) is 24.4 Å². The summed E-state index contributed by atoms with van der Waals surface area (Å²) in [5.41, 5.74) is 3.41. The molecule has 1 atom stereocenters. The highest BCUT2D eigenvalue weighted by molar-refractivity contribution is 6.30. The number of para-hydroxylation sites is 2. The largest absolute Gasteiger partial charge is 0.326 e. The summed E-state index contributed by atoms with van der Waals surface area (Å²) in [5.74, 6) is -0.0696. The fraction of sp³-hybridized carbons (Fsp3) is 0.100. The van der Waals surface area contributed by atoms with Crippen LogP contribution in [0, 0.1) is 0 Å². The highest BCUT2D eigenvalue weighted by atomic mass is 35.5. The quantitative estimate of drug-likeness (QED) is 0.291. The number of hydrazone groups is 1. The van der Waals surface area contributed by atoms with Crippen LogP contribution in [0.2, 0.25) is 5.02 Å². The summed E-state index contributed by atoms with van der Waals surface area (Å²) < 4.78 is 0. The first kappa shape index (κ1) is 24.3. The lowest BCUT2D eigenvalue weighted by atomic mass is 10.0. The van der Waals surface area contributed by atoms with Gasteiger partial charge in [-0.3, -0.25) is 14.5 Å². The fourth-order valence-electron chi connectivity index (χ4n) is 4.35. The topological polar surface area (TPSA) is 65.0 Å². The molecule has 0 radical (unpaired) electrons. The molecule has 0 saturated heterocycles. The molecular formula is C30H25ClN4O2. The maximum atomic E-state index is 13.4. The number of rotatable bonds is 6. The number of halogens is 1. The number of carbonyl (C=O) groups excluding carboxylic acids is 2. The van der Waals surface area contributed by atoms with Crippen LogP contribution in [0.3, 0.4) is 0 Å². The normalized spacial score (nSPS) is 14.7. The van der Waals surface area contributed by atoms with E-state index >= 15 is 0 Å². The zero-order chi connectivity index (χ0) is 25.6. The van der Waals surface area contributed by atoms with Crippen molar-refractivity contribution in [1.29, 1.82) is 0 Å². The molecule has 1 heterocycles. The van der Waals surface area contributed by atoms with Crippen molar-refractivity contribution in [2.75, 3.05) is 10.2 Å². The van der Waals surface area contributed by atoms with Crippen molar-refractivity contribution in [3.05, 3.63) is 126 Å². The molecule has 0 saturated carbocycles. The highest BCUT2D eigenvalue weighted by Gasteiger charge is 2.36. The molecule has 7 heteroatoms. The Kier molecular flexibility index (Phi) is 7.28. The molecule has 5 rings (SSSR count). The van der Waals surface area contributed by atoms with Gasteiger partial charge in [0.25, 0.3) is 5.91 Å². The molecule has 1 N–H and O–H groups in total. The molecule has 0 bridgehead atoms. The zero-order valence-electron chi connectivity index (χ0n) is 20.0. The van der Waals surface area contributed by atoms with Crippen molar-refractivity contribution in [1.82, 2.24) is 5.01 Å². The predicted octanol–water partition coefficient (Wildman–Crippen LogP) is 6.79. The second kappa shape index (κ2) is 11.1. The number of hydrogen-bond donors (Lipinski definition) is 1. The molecule has 1 aliphatic heterocycles. The van der Waals surface area contributed by atoms with Gasteiger partial charge in [0.1, 0.15) is 12.3 Å². The molecule has 0 aliphatic carbocycles. The Morgan fingerprint density at radius 2 is 1.35 bits per heavy atom. The smallest absolute Gasteiger partial charge is 0.252 e. The van der Waals surface area contributed by atoms with Crippen LogP contribution in [-0.4, -0.2) is 22.7 Å². The maximum Gasteiger partial charge on any atom is 0.252 e. The molecule has 184 valence electrons. The first-order valence-corrected chi connectivity index (χ1v) is 12.4. The van der Waals surface area contributed by atoms with Gasteiger partial charge in [-0.2, -0.15) is 5.10 Å². The van der Waals surface area contributed by atoms with Gasteiger partial charge < -0.3 is 5.32 Å². The summed E-state index contributed by atoms with van der Waals surface area (Å²) in [6.07, 6.45) is 0.164. The lowest BCUT2D eigenvalue weighted by Gasteiger charge is -2.24. The average Bonchev–Trinajstić information content (AvgIpc) is 3.37.